The Morgan fingerprint density at radius 2 is 2.12 bits per heavy atom. The van der Waals surface area contributed by atoms with Crippen LogP contribution in [0.1, 0.15) is 34.8 Å². The maximum Gasteiger partial charge on any atom is 0.228 e. The van der Waals surface area contributed by atoms with Gasteiger partial charge in [-0.3, -0.25) is 4.79 Å². The van der Waals surface area contributed by atoms with Crippen molar-refractivity contribution in [3.8, 4) is 0 Å². The Labute approximate surface area is 141 Å². The van der Waals surface area contributed by atoms with Crippen LogP contribution in [0.15, 0.2) is 48.8 Å². The fraction of sp³-hybridized carbons (Fsp3) is 0.300. The van der Waals surface area contributed by atoms with E-state index in [9.17, 15) is 4.79 Å². The normalized spacial score (nSPS) is 16.3. The van der Waals surface area contributed by atoms with Crippen molar-refractivity contribution in [3.63, 3.8) is 0 Å². The number of carbonyl (C=O) groups is 1. The zero-order valence-electron chi connectivity index (χ0n) is 14.1. The van der Waals surface area contributed by atoms with Crippen LogP contribution in [0.25, 0.3) is 5.65 Å². The van der Waals surface area contributed by atoms with Gasteiger partial charge in [-0.15, -0.1) is 0 Å². The van der Waals surface area contributed by atoms with Crippen LogP contribution in [0.3, 0.4) is 0 Å². The molecule has 0 bridgehead atoms. The summed E-state index contributed by atoms with van der Waals surface area (Å²) in [5.41, 5.74) is 5.53. The summed E-state index contributed by atoms with van der Waals surface area (Å²) in [5.74, 6) is 0.123. The number of hydrogen-bond donors (Lipinski definition) is 0. The van der Waals surface area contributed by atoms with Gasteiger partial charge in [0, 0.05) is 19.4 Å². The van der Waals surface area contributed by atoms with Gasteiger partial charge in [-0.25, -0.2) is 4.98 Å². The highest BCUT2D eigenvalue weighted by Crippen LogP contribution is 2.35. The molecule has 4 heteroatoms. The Morgan fingerprint density at radius 3 is 2.96 bits per heavy atom. The largest absolute Gasteiger partial charge is 0.338 e. The fourth-order valence-electron chi connectivity index (χ4n) is 3.68. The Bertz CT molecular complexity index is 912. The summed E-state index contributed by atoms with van der Waals surface area (Å²) in [6.07, 6.45) is 6.32. The molecule has 1 aromatic carbocycles. The first-order valence-electron chi connectivity index (χ1n) is 8.40. The molecule has 1 aliphatic carbocycles. The Kier molecular flexibility index (Phi) is 3.60. The number of benzene rings is 1. The zero-order valence-corrected chi connectivity index (χ0v) is 14.1. The number of nitrogens with zero attached hydrogens (tertiary/aromatic N) is 3. The molecule has 2 heterocycles. The molecule has 4 nitrogen and oxygen atoms in total. The van der Waals surface area contributed by atoms with E-state index in [0.717, 1.165) is 29.7 Å². The molecule has 0 radical (unpaired) electrons. The molecule has 0 N–H and O–H groups in total. The van der Waals surface area contributed by atoms with Crippen molar-refractivity contribution in [3.05, 3.63) is 71.2 Å². The van der Waals surface area contributed by atoms with E-state index in [1.807, 2.05) is 47.8 Å². The Hall–Kier alpha value is -2.62. The molecule has 24 heavy (non-hydrogen) atoms. The van der Waals surface area contributed by atoms with Crippen molar-refractivity contribution in [2.75, 3.05) is 7.05 Å². The fourth-order valence-corrected chi connectivity index (χ4v) is 3.68. The van der Waals surface area contributed by atoms with E-state index in [-0.39, 0.29) is 11.9 Å². The minimum atomic E-state index is 0.123. The van der Waals surface area contributed by atoms with Gasteiger partial charge >= 0.3 is 0 Å². The van der Waals surface area contributed by atoms with Crippen molar-refractivity contribution in [1.82, 2.24) is 14.3 Å². The van der Waals surface area contributed by atoms with Gasteiger partial charge in [-0.2, -0.15) is 0 Å². The zero-order chi connectivity index (χ0) is 16.7. The van der Waals surface area contributed by atoms with Crippen LogP contribution >= 0.6 is 0 Å². The van der Waals surface area contributed by atoms with Gasteiger partial charge in [0.05, 0.1) is 18.2 Å². The van der Waals surface area contributed by atoms with Crippen LogP contribution in [0.4, 0.5) is 0 Å². The monoisotopic (exact) mass is 319 g/mol. The molecule has 0 saturated heterocycles. The highest BCUT2D eigenvalue weighted by Gasteiger charge is 2.28. The average Bonchev–Trinajstić information content (AvgIpc) is 3.18. The van der Waals surface area contributed by atoms with Gasteiger partial charge in [0.25, 0.3) is 0 Å². The van der Waals surface area contributed by atoms with Crippen molar-refractivity contribution < 1.29 is 4.79 Å². The molecule has 1 atom stereocenters. The molecule has 0 saturated carbocycles. The predicted octanol–water partition coefficient (Wildman–Crippen LogP) is 3.33. The van der Waals surface area contributed by atoms with Gasteiger partial charge in [-0.05, 0) is 42.5 Å². The first-order valence-corrected chi connectivity index (χ1v) is 8.40. The summed E-state index contributed by atoms with van der Waals surface area (Å²) < 4.78 is 1.99. The number of aryl methyl sites for hydroxylation is 2. The number of imidazole rings is 1. The lowest BCUT2D eigenvalue weighted by Crippen LogP contribution is -2.31. The summed E-state index contributed by atoms with van der Waals surface area (Å²) in [6, 6.07) is 12.7. The standard InChI is InChI=1S/C20H21N3O/c1-14-6-5-11-23-13-16(21-20(14)23)12-19(24)22(2)18-10-9-15-7-3-4-8-17(15)18/h3-8,11,13,18H,9-10,12H2,1-2H3/t18-/m1/s1. The smallest absolute Gasteiger partial charge is 0.228 e. The first kappa shape index (κ1) is 14.9. The van der Waals surface area contributed by atoms with E-state index in [1.165, 1.54) is 11.1 Å². The molecule has 0 fully saturated rings. The van der Waals surface area contributed by atoms with Gasteiger partial charge in [0.15, 0.2) is 0 Å². The lowest BCUT2D eigenvalue weighted by Gasteiger charge is -2.25. The molecule has 0 spiro atoms. The summed E-state index contributed by atoms with van der Waals surface area (Å²) in [4.78, 5) is 19.3. The van der Waals surface area contributed by atoms with Crippen LogP contribution in [0, 0.1) is 6.92 Å². The number of rotatable bonds is 3. The van der Waals surface area contributed by atoms with Crippen LogP contribution in [-0.2, 0) is 17.6 Å². The van der Waals surface area contributed by atoms with Gasteiger partial charge in [0.1, 0.15) is 5.65 Å². The molecule has 1 aliphatic rings. The number of likely N-dealkylation sites (N-methyl/N-ethyl adjacent to an activating group) is 1. The Balaban J connectivity index is 1.54. The van der Waals surface area contributed by atoms with Crippen LogP contribution in [0.2, 0.25) is 0 Å². The third kappa shape index (κ3) is 2.48. The summed E-state index contributed by atoms with van der Waals surface area (Å²) in [7, 11) is 1.91. The van der Waals surface area contributed by atoms with Gasteiger partial charge in [-0.1, -0.05) is 30.3 Å². The second kappa shape index (κ2) is 5.78. The minimum Gasteiger partial charge on any atom is -0.338 e. The highest BCUT2D eigenvalue weighted by atomic mass is 16.2. The van der Waals surface area contributed by atoms with Gasteiger partial charge < -0.3 is 9.30 Å². The molecular weight excluding hydrogens is 298 g/mol. The lowest BCUT2D eigenvalue weighted by molar-refractivity contribution is -0.131. The maximum absolute atomic E-state index is 12.7. The lowest BCUT2D eigenvalue weighted by atomic mass is 10.1. The molecule has 0 aliphatic heterocycles. The van der Waals surface area contributed by atoms with E-state index >= 15 is 0 Å². The molecule has 3 aromatic rings. The number of fused-ring (bicyclic) bond motifs is 2. The number of pyridine rings is 1. The number of carbonyl (C=O) groups excluding carboxylic acids is 1. The minimum absolute atomic E-state index is 0.123. The predicted molar refractivity (Wildman–Crippen MR) is 93.9 cm³/mol. The topological polar surface area (TPSA) is 37.6 Å². The quantitative estimate of drug-likeness (QED) is 0.742. The van der Waals surface area contributed by atoms with E-state index in [4.69, 9.17) is 0 Å². The number of hydrogen-bond acceptors (Lipinski definition) is 2. The first-order chi connectivity index (χ1) is 11.6. The summed E-state index contributed by atoms with van der Waals surface area (Å²) in [5, 5.41) is 0. The third-order valence-corrected chi connectivity index (χ3v) is 5.02. The molecule has 4 rings (SSSR count). The van der Waals surface area contributed by atoms with Crippen molar-refractivity contribution in [1.29, 1.82) is 0 Å². The van der Waals surface area contributed by atoms with Crippen LogP contribution < -0.4 is 0 Å². The van der Waals surface area contributed by atoms with Crippen molar-refractivity contribution in [2.45, 2.75) is 32.2 Å². The van der Waals surface area contributed by atoms with Crippen LogP contribution in [-0.4, -0.2) is 27.2 Å². The second-order valence-electron chi connectivity index (χ2n) is 6.59. The SMILES string of the molecule is Cc1cccn2cc(CC(=O)N(C)[C@@H]3CCc4ccccc43)nc12. The van der Waals surface area contributed by atoms with E-state index < -0.39 is 0 Å². The second-order valence-corrected chi connectivity index (χ2v) is 6.59. The van der Waals surface area contributed by atoms with E-state index in [1.54, 1.807) is 0 Å². The van der Waals surface area contributed by atoms with Crippen LogP contribution in [0.5, 0.6) is 0 Å². The number of amides is 1. The molecule has 2 aromatic heterocycles. The Morgan fingerprint density at radius 1 is 1.29 bits per heavy atom. The summed E-state index contributed by atoms with van der Waals surface area (Å²) >= 11 is 0. The number of aromatic nitrogens is 2. The van der Waals surface area contributed by atoms with E-state index in [0.29, 0.717) is 6.42 Å². The van der Waals surface area contributed by atoms with Crippen molar-refractivity contribution >= 4 is 11.6 Å². The van der Waals surface area contributed by atoms with Gasteiger partial charge in [0.2, 0.25) is 5.91 Å². The van der Waals surface area contributed by atoms with E-state index in [2.05, 4.69) is 29.2 Å². The third-order valence-electron chi connectivity index (χ3n) is 5.02. The van der Waals surface area contributed by atoms with Crippen molar-refractivity contribution in [2.24, 2.45) is 0 Å². The summed E-state index contributed by atoms with van der Waals surface area (Å²) in [6.45, 7) is 2.04. The average molecular weight is 319 g/mol. The molecule has 0 unspecified atom stereocenters. The molecular formula is C20H21N3O. The maximum atomic E-state index is 12.7. The highest BCUT2D eigenvalue weighted by molar-refractivity contribution is 5.79. The molecule has 122 valence electrons. The molecule has 1 amide bonds.